The van der Waals surface area contributed by atoms with E-state index in [1.165, 1.54) is 5.56 Å². The number of carbonyl (C=O) groups is 1. The van der Waals surface area contributed by atoms with Gasteiger partial charge in [0.05, 0.1) is 5.92 Å². The molecule has 132 valence electrons. The molecule has 1 aliphatic rings. The molecule has 0 aliphatic carbocycles. The van der Waals surface area contributed by atoms with Gasteiger partial charge in [-0.3, -0.25) is 14.7 Å². The predicted octanol–water partition coefficient (Wildman–Crippen LogP) is 2.90. The van der Waals surface area contributed by atoms with Crippen molar-refractivity contribution in [2.45, 2.75) is 32.9 Å². The molecule has 0 bridgehead atoms. The van der Waals surface area contributed by atoms with Crippen molar-refractivity contribution in [3.05, 3.63) is 66.0 Å². The van der Waals surface area contributed by atoms with Crippen molar-refractivity contribution in [1.29, 1.82) is 0 Å². The van der Waals surface area contributed by atoms with Crippen LogP contribution in [0.2, 0.25) is 0 Å². The summed E-state index contributed by atoms with van der Waals surface area (Å²) in [7, 11) is 0. The first-order valence-electron chi connectivity index (χ1n) is 9.07. The van der Waals surface area contributed by atoms with E-state index >= 15 is 0 Å². The molecule has 3 unspecified atom stereocenters. The zero-order chi connectivity index (χ0) is 17.6. The molecule has 3 atom stereocenters. The molecule has 0 saturated carbocycles. The second-order valence-electron chi connectivity index (χ2n) is 7.24. The van der Waals surface area contributed by atoms with Gasteiger partial charge >= 0.3 is 0 Å². The van der Waals surface area contributed by atoms with Crippen molar-refractivity contribution in [1.82, 2.24) is 15.2 Å². The number of nitrogens with zero attached hydrogens (tertiary/aromatic N) is 2. The third-order valence-electron chi connectivity index (χ3n) is 4.93. The standard InChI is InChI=1S/C21H27N3O/c1-16-13-24(14-18-7-4-3-5-8-18)15-20(16)21(25)23-17(2)11-19-9-6-10-22-12-19/h3-10,12,16-17,20H,11,13-15H2,1-2H3,(H,23,25). The van der Waals surface area contributed by atoms with Crippen LogP contribution in [-0.4, -0.2) is 34.9 Å². The average Bonchev–Trinajstić information content (AvgIpc) is 2.97. The number of benzene rings is 1. The van der Waals surface area contributed by atoms with Crippen LogP contribution in [-0.2, 0) is 17.8 Å². The van der Waals surface area contributed by atoms with Crippen LogP contribution in [0.25, 0.3) is 0 Å². The summed E-state index contributed by atoms with van der Waals surface area (Å²) in [6, 6.07) is 14.6. The molecule has 1 aromatic heterocycles. The summed E-state index contributed by atoms with van der Waals surface area (Å²) < 4.78 is 0. The normalized spacial score (nSPS) is 21.8. The smallest absolute Gasteiger partial charge is 0.224 e. The summed E-state index contributed by atoms with van der Waals surface area (Å²) in [6.07, 6.45) is 4.45. The minimum absolute atomic E-state index is 0.0695. The predicted molar refractivity (Wildman–Crippen MR) is 99.9 cm³/mol. The Hall–Kier alpha value is -2.20. The Bertz CT molecular complexity index is 674. The van der Waals surface area contributed by atoms with E-state index < -0.39 is 0 Å². The first-order valence-corrected chi connectivity index (χ1v) is 9.07. The summed E-state index contributed by atoms with van der Waals surface area (Å²) in [6.45, 7) is 6.97. The van der Waals surface area contributed by atoms with Gasteiger partial charge in [-0.25, -0.2) is 0 Å². The first-order chi connectivity index (χ1) is 12.1. The van der Waals surface area contributed by atoms with Crippen LogP contribution >= 0.6 is 0 Å². The third kappa shape index (κ3) is 4.89. The van der Waals surface area contributed by atoms with E-state index in [0.717, 1.165) is 31.6 Å². The SMILES string of the molecule is CC(Cc1cccnc1)NC(=O)C1CN(Cc2ccccc2)CC1C. The number of rotatable bonds is 6. The van der Waals surface area contributed by atoms with Crippen molar-refractivity contribution in [2.24, 2.45) is 11.8 Å². The Labute approximate surface area is 150 Å². The highest BCUT2D eigenvalue weighted by Crippen LogP contribution is 2.25. The number of pyridine rings is 1. The average molecular weight is 337 g/mol. The maximum Gasteiger partial charge on any atom is 0.224 e. The van der Waals surface area contributed by atoms with Crippen LogP contribution in [0.5, 0.6) is 0 Å². The van der Waals surface area contributed by atoms with Gasteiger partial charge in [-0.05, 0) is 36.5 Å². The summed E-state index contributed by atoms with van der Waals surface area (Å²) in [4.78, 5) is 19.2. The molecule has 25 heavy (non-hydrogen) atoms. The van der Waals surface area contributed by atoms with Gasteiger partial charge in [-0.15, -0.1) is 0 Å². The topological polar surface area (TPSA) is 45.2 Å². The van der Waals surface area contributed by atoms with Gasteiger partial charge < -0.3 is 5.32 Å². The van der Waals surface area contributed by atoms with E-state index in [-0.39, 0.29) is 17.9 Å². The number of hydrogen-bond donors (Lipinski definition) is 1. The molecule has 2 heterocycles. The molecule has 0 radical (unpaired) electrons. The minimum Gasteiger partial charge on any atom is -0.353 e. The van der Waals surface area contributed by atoms with Crippen molar-refractivity contribution in [3.8, 4) is 0 Å². The van der Waals surface area contributed by atoms with E-state index in [1.807, 2.05) is 18.3 Å². The highest BCUT2D eigenvalue weighted by molar-refractivity contribution is 5.79. The lowest BCUT2D eigenvalue weighted by Crippen LogP contribution is -2.40. The molecule has 1 amide bonds. The number of hydrogen-bond acceptors (Lipinski definition) is 3. The third-order valence-corrected chi connectivity index (χ3v) is 4.93. The number of amides is 1. The fraction of sp³-hybridized carbons (Fsp3) is 0.429. The second-order valence-corrected chi connectivity index (χ2v) is 7.24. The van der Waals surface area contributed by atoms with Crippen LogP contribution in [0.3, 0.4) is 0 Å². The first kappa shape index (κ1) is 17.6. The van der Waals surface area contributed by atoms with Crippen LogP contribution in [0, 0.1) is 11.8 Å². The summed E-state index contributed by atoms with van der Waals surface area (Å²) in [5.74, 6) is 0.633. The van der Waals surface area contributed by atoms with Crippen LogP contribution in [0.1, 0.15) is 25.0 Å². The Kier molecular flexibility index (Phi) is 5.82. The molecule has 1 aromatic carbocycles. The Morgan fingerprint density at radius 2 is 1.96 bits per heavy atom. The van der Waals surface area contributed by atoms with E-state index in [0.29, 0.717) is 5.92 Å². The highest BCUT2D eigenvalue weighted by atomic mass is 16.2. The van der Waals surface area contributed by atoms with E-state index in [1.54, 1.807) is 6.20 Å². The summed E-state index contributed by atoms with van der Waals surface area (Å²) >= 11 is 0. The van der Waals surface area contributed by atoms with E-state index in [9.17, 15) is 4.79 Å². The Morgan fingerprint density at radius 1 is 1.20 bits per heavy atom. The molecular formula is C21H27N3O. The van der Waals surface area contributed by atoms with Crippen LogP contribution < -0.4 is 5.32 Å². The summed E-state index contributed by atoms with van der Waals surface area (Å²) in [5.41, 5.74) is 2.46. The maximum atomic E-state index is 12.7. The van der Waals surface area contributed by atoms with E-state index in [4.69, 9.17) is 0 Å². The van der Waals surface area contributed by atoms with E-state index in [2.05, 4.69) is 59.4 Å². The van der Waals surface area contributed by atoms with Gasteiger partial charge in [0.2, 0.25) is 5.91 Å². The largest absolute Gasteiger partial charge is 0.353 e. The fourth-order valence-corrected chi connectivity index (χ4v) is 3.65. The van der Waals surface area contributed by atoms with Gasteiger partial charge in [0.25, 0.3) is 0 Å². The van der Waals surface area contributed by atoms with Crippen LogP contribution in [0.4, 0.5) is 0 Å². The zero-order valence-corrected chi connectivity index (χ0v) is 15.1. The Morgan fingerprint density at radius 3 is 2.68 bits per heavy atom. The molecule has 1 aliphatic heterocycles. The van der Waals surface area contributed by atoms with Gasteiger partial charge in [0.15, 0.2) is 0 Å². The number of nitrogens with one attached hydrogen (secondary N) is 1. The number of carbonyl (C=O) groups excluding carboxylic acids is 1. The van der Waals surface area contributed by atoms with Crippen molar-refractivity contribution >= 4 is 5.91 Å². The quantitative estimate of drug-likeness (QED) is 0.881. The lowest BCUT2D eigenvalue weighted by Gasteiger charge is -2.19. The van der Waals surface area contributed by atoms with Gasteiger partial charge in [-0.2, -0.15) is 0 Å². The van der Waals surface area contributed by atoms with Gasteiger partial charge in [-0.1, -0.05) is 43.3 Å². The molecular weight excluding hydrogens is 310 g/mol. The molecule has 4 heteroatoms. The van der Waals surface area contributed by atoms with Crippen molar-refractivity contribution < 1.29 is 4.79 Å². The molecule has 4 nitrogen and oxygen atoms in total. The highest BCUT2D eigenvalue weighted by Gasteiger charge is 2.34. The summed E-state index contributed by atoms with van der Waals surface area (Å²) in [5, 5.41) is 3.19. The molecule has 1 fully saturated rings. The number of aromatic nitrogens is 1. The fourth-order valence-electron chi connectivity index (χ4n) is 3.65. The molecule has 1 saturated heterocycles. The zero-order valence-electron chi connectivity index (χ0n) is 15.1. The molecule has 2 aromatic rings. The minimum atomic E-state index is 0.0695. The second kappa shape index (κ2) is 8.26. The van der Waals surface area contributed by atoms with Gasteiger partial charge in [0, 0.05) is 38.1 Å². The van der Waals surface area contributed by atoms with Crippen LogP contribution in [0.15, 0.2) is 54.9 Å². The lowest BCUT2D eigenvalue weighted by molar-refractivity contribution is -0.126. The molecule has 0 spiro atoms. The maximum absolute atomic E-state index is 12.7. The monoisotopic (exact) mass is 337 g/mol. The van der Waals surface area contributed by atoms with Crippen molar-refractivity contribution in [3.63, 3.8) is 0 Å². The van der Waals surface area contributed by atoms with Gasteiger partial charge in [0.1, 0.15) is 0 Å². The Balaban J connectivity index is 1.51. The van der Waals surface area contributed by atoms with Crippen molar-refractivity contribution in [2.75, 3.05) is 13.1 Å². The molecule has 3 rings (SSSR count). The lowest BCUT2D eigenvalue weighted by atomic mass is 9.96. The molecule has 1 N–H and O–H groups in total. The number of likely N-dealkylation sites (tertiary alicyclic amines) is 1.